The van der Waals surface area contributed by atoms with Crippen LogP contribution in [0.3, 0.4) is 0 Å². The topological polar surface area (TPSA) is 76.1 Å². The van der Waals surface area contributed by atoms with Crippen LogP contribution in [0.2, 0.25) is 0 Å². The van der Waals surface area contributed by atoms with E-state index in [1.807, 2.05) is 13.8 Å². The molecule has 35 heavy (non-hydrogen) atoms. The number of ether oxygens (including phenoxy) is 2. The van der Waals surface area contributed by atoms with Gasteiger partial charge in [-0.2, -0.15) is 0 Å². The lowest BCUT2D eigenvalue weighted by Gasteiger charge is -2.26. The van der Waals surface area contributed by atoms with Crippen LogP contribution in [-0.4, -0.2) is 30.5 Å². The smallest absolute Gasteiger partial charge is 0.300 e. The first-order valence-corrected chi connectivity index (χ1v) is 11.2. The molecule has 4 rings (SSSR count). The number of hydrogen-bond acceptors (Lipinski definition) is 5. The standard InChI is InChI=1S/C28H26FNO5/c1-17(2)16-35-20-13-11-18(12-14-20)26(31)24-25(22-9-4-5-10-23(22)29)30(28(33)27(24)32)19-7-6-8-21(15-19)34-3/h4-15,17,25,31H,16H2,1-3H3/b26-24+. The molecule has 3 aromatic rings. The molecule has 3 aromatic carbocycles. The quantitative estimate of drug-likeness (QED) is 0.278. The highest BCUT2D eigenvalue weighted by Gasteiger charge is 2.47. The normalized spacial score (nSPS) is 17.2. The zero-order chi connectivity index (χ0) is 25.1. The summed E-state index contributed by atoms with van der Waals surface area (Å²) in [7, 11) is 1.48. The lowest BCUT2D eigenvalue weighted by atomic mass is 9.94. The predicted octanol–water partition coefficient (Wildman–Crippen LogP) is 5.50. The lowest BCUT2D eigenvalue weighted by molar-refractivity contribution is -0.132. The third-order valence-electron chi connectivity index (χ3n) is 5.69. The highest BCUT2D eigenvalue weighted by atomic mass is 19.1. The molecule has 1 fully saturated rings. The Morgan fingerprint density at radius 1 is 1.00 bits per heavy atom. The number of ketones is 1. The van der Waals surface area contributed by atoms with Gasteiger partial charge in [-0.3, -0.25) is 14.5 Å². The number of carbonyl (C=O) groups excluding carboxylic acids is 2. The van der Waals surface area contributed by atoms with Gasteiger partial charge in [0.25, 0.3) is 11.7 Å². The van der Waals surface area contributed by atoms with Crippen LogP contribution in [0.1, 0.15) is 31.0 Å². The van der Waals surface area contributed by atoms with Gasteiger partial charge >= 0.3 is 0 Å². The number of halogens is 1. The summed E-state index contributed by atoms with van der Waals surface area (Å²) in [6.45, 7) is 4.60. The first kappa shape index (κ1) is 24.0. The SMILES string of the molecule is COc1cccc(N2C(=O)C(=O)/C(=C(/O)c3ccc(OCC(C)C)cc3)C2c2ccccc2F)c1. The number of nitrogens with zero attached hydrogens (tertiary/aromatic N) is 1. The summed E-state index contributed by atoms with van der Waals surface area (Å²) in [5.74, 6) is -1.35. The number of aliphatic hydroxyl groups is 1. The summed E-state index contributed by atoms with van der Waals surface area (Å²) < 4.78 is 25.9. The van der Waals surface area contributed by atoms with Gasteiger partial charge in [0.1, 0.15) is 23.1 Å². The number of Topliss-reactive ketones (excluding diaryl/α,β-unsaturated/α-hetero) is 1. The highest BCUT2D eigenvalue weighted by Crippen LogP contribution is 2.43. The molecule has 1 amide bonds. The van der Waals surface area contributed by atoms with Crippen molar-refractivity contribution in [1.29, 1.82) is 0 Å². The van der Waals surface area contributed by atoms with E-state index in [1.54, 1.807) is 54.6 Å². The summed E-state index contributed by atoms with van der Waals surface area (Å²) in [5.41, 5.74) is 0.551. The van der Waals surface area contributed by atoms with E-state index in [9.17, 15) is 19.1 Å². The van der Waals surface area contributed by atoms with Crippen molar-refractivity contribution >= 4 is 23.1 Å². The van der Waals surface area contributed by atoms with Crippen molar-refractivity contribution in [2.45, 2.75) is 19.9 Å². The Labute approximate surface area is 203 Å². The van der Waals surface area contributed by atoms with Crippen molar-refractivity contribution in [3.8, 4) is 11.5 Å². The Bertz CT molecular complexity index is 1280. The van der Waals surface area contributed by atoms with Gasteiger partial charge in [-0.25, -0.2) is 4.39 Å². The summed E-state index contributed by atoms with van der Waals surface area (Å²) in [5, 5.41) is 11.2. The molecule has 0 spiro atoms. The number of aliphatic hydroxyl groups excluding tert-OH is 1. The monoisotopic (exact) mass is 475 g/mol. The van der Waals surface area contributed by atoms with Crippen LogP contribution in [0.25, 0.3) is 5.76 Å². The van der Waals surface area contributed by atoms with E-state index in [1.165, 1.54) is 30.2 Å². The fourth-order valence-corrected chi connectivity index (χ4v) is 3.98. The number of methoxy groups -OCH3 is 1. The second-order valence-corrected chi connectivity index (χ2v) is 8.62. The van der Waals surface area contributed by atoms with E-state index in [2.05, 4.69) is 0 Å². The van der Waals surface area contributed by atoms with Gasteiger partial charge in [-0.15, -0.1) is 0 Å². The Balaban J connectivity index is 1.84. The van der Waals surface area contributed by atoms with E-state index >= 15 is 0 Å². The molecular weight excluding hydrogens is 449 g/mol. The number of carbonyl (C=O) groups is 2. The fourth-order valence-electron chi connectivity index (χ4n) is 3.98. The fraction of sp³-hybridized carbons (Fsp3) is 0.214. The molecule has 0 aliphatic carbocycles. The van der Waals surface area contributed by atoms with E-state index < -0.39 is 29.3 Å². The number of benzene rings is 3. The van der Waals surface area contributed by atoms with E-state index in [0.717, 1.165) is 0 Å². The molecule has 7 heteroatoms. The first-order valence-electron chi connectivity index (χ1n) is 11.2. The van der Waals surface area contributed by atoms with Crippen LogP contribution >= 0.6 is 0 Å². The van der Waals surface area contributed by atoms with Gasteiger partial charge in [0.05, 0.1) is 25.3 Å². The number of amides is 1. The molecule has 1 N–H and O–H groups in total. The molecule has 180 valence electrons. The van der Waals surface area contributed by atoms with Gasteiger partial charge in [0.15, 0.2) is 0 Å². The van der Waals surface area contributed by atoms with Gasteiger partial charge in [0, 0.05) is 22.9 Å². The Kier molecular flexibility index (Phi) is 6.87. The maximum atomic E-state index is 15.0. The van der Waals surface area contributed by atoms with Crippen LogP contribution in [0.4, 0.5) is 10.1 Å². The predicted molar refractivity (Wildman–Crippen MR) is 131 cm³/mol. The minimum Gasteiger partial charge on any atom is -0.507 e. The average molecular weight is 476 g/mol. The average Bonchev–Trinajstić information content (AvgIpc) is 3.13. The summed E-state index contributed by atoms with van der Waals surface area (Å²) >= 11 is 0. The largest absolute Gasteiger partial charge is 0.507 e. The van der Waals surface area contributed by atoms with Gasteiger partial charge in [-0.05, 0) is 48.4 Å². The van der Waals surface area contributed by atoms with Crippen LogP contribution in [0.5, 0.6) is 11.5 Å². The molecule has 1 atom stereocenters. The molecule has 1 saturated heterocycles. The van der Waals surface area contributed by atoms with Crippen LogP contribution in [0.15, 0.2) is 78.4 Å². The molecule has 1 heterocycles. The second-order valence-electron chi connectivity index (χ2n) is 8.62. The third kappa shape index (κ3) is 4.75. The lowest BCUT2D eigenvalue weighted by Crippen LogP contribution is -2.29. The summed E-state index contributed by atoms with van der Waals surface area (Å²) in [6, 6.07) is 17.8. The van der Waals surface area contributed by atoms with Crippen molar-refractivity contribution in [3.63, 3.8) is 0 Å². The van der Waals surface area contributed by atoms with Gasteiger partial charge in [-0.1, -0.05) is 38.1 Å². The molecular formula is C28H26FNO5. The van der Waals surface area contributed by atoms with Gasteiger partial charge < -0.3 is 14.6 Å². The molecule has 0 saturated carbocycles. The molecule has 1 unspecified atom stereocenters. The van der Waals surface area contributed by atoms with Crippen molar-refractivity contribution in [2.75, 3.05) is 18.6 Å². The molecule has 1 aliphatic heterocycles. The van der Waals surface area contributed by atoms with Crippen molar-refractivity contribution in [1.82, 2.24) is 0 Å². The Hall–Kier alpha value is -4.13. The minimum atomic E-state index is -1.17. The molecule has 0 bridgehead atoms. The molecule has 0 radical (unpaired) electrons. The van der Waals surface area contributed by atoms with Crippen LogP contribution in [0, 0.1) is 11.7 Å². The van der Waals surface area contributed by atoms with Crippen molar-refractivity contribution in [2.24, 2.45) is 5.92 Å². The zero-order valence-corrected chi connectivity index (χ0v) is 19.7. The van der Waals surface area contributed by atoms with E-state index in [0.29, 0.717) is 35.3 Å². The summed E-state index contributed by atoms with van der Waals surface area (Å²) in [6.07, 6.45) is 0. The Morgan fingerprint density at radius 3 is 2.37 bits per heavy atom. The third-order valence-corrected chi connectivity index (χ3v) is 5.69. The van der Waals surface area contributed by atoms with Crippen molar-refractivity contribution < 1.29 is 28.6 Å². The highest BCUT2D eigenvalue weighted by molar-refractivity contribution is 6.51. The number of anilines is 1. The molecule has 0 aromatic heterocycles. The van der Waals surface area contributed by atoms with Crippen LogP contribution in [-0.2, 0) is 9.59 Å². The van der Waals surface area contributed by atoms with E-state index in [-0.39, 0.29) is 11.1 Å². The molecule has 1 aliphatic rings. The molecule has 6 nitrogen and oxygen atoms in total. The van der Waals surface area contributed by atoms with Crippen LogP contribution < -0.4 is 14.4 Å². The van der Waals surface area contributed by atoms with Crippen molar-refractivity contribution in [3.05, 3.63) is 95.3 Å². The maximum Gasteiger partial charge on any atom is 0.300 e. The number of hydrogen-bond donors (Lipinski definition) is 1. The summed E-state index contributed by atoms with van der Waals surface area (Å²) in [4.78, 5) is 27.6. The zero-order valence-electron chi connectivity index (χ0n) is 19.7. The maximum absolute atomic E-state index is 15.0. The van der Waals surface area contributed by atoms with Gasteiger partial charge in [0.2, 0.25) is 0 Å². The number of rotatable bonds is 7. The second kappa shape index (κ2) is 10.0. The minimum absolute atomic E-state index is 0.0907. The van der Waals surface area contributed by atoms with E-state index in [4.69, 9.17) is 9.47 Å². The Morgan fingerprint density at radius 2 is 1.71 bits per heavy atom. The first-order chi connectivity index (χ1) is 16.8.